The van der Waals surface area contributed by atoms with Crippen molar-refractivity contribution in [1.29, 1.82) is 0 Å². The summed E-state index contributed by atoms with van der Waals surface area (Å²) in [5.41, 5.74) is 4.37. The van der Waals surface area contributed by atoms with Crippen molar-refractivity contribution in [3.05, 3.63) is 41.7 Å². The Morgan fingerprint density at radius 3 is 2.81 bits per heavy atom. The van der Waals surface area contributed by atoms with Gasteiger partial charge in [-0.15, -0.1) is 0 Å². The van der Waals surface area contributed by atoms with Crippen molar-refractivity contribution in [3.8, 4) is 5.75 Å². The minimum atomic E-state index is 0.763. The molecule has 3 rings (SSSR count). The van der Waals surface area contributed by atoms with Gasteiger partial charge in [0, 0.05) is 36.6 Å². The van der Waals surface area contributed by atoms with E-state index in [1.165, 1.54) is 5.57 Å². The molecule has 0 saturated carbocycles. The van der Waals surface area contributed by atoms with E-state index in [2.05, 4.69) is 44.7 Å². The lowest BCUT2D eigenvalue weighted by molar-refractivity contribution is 0.372. The largest absolute Gasteiger partial charge is 0.494 e. The monoisotopic (exact) mass is 353 g/mol. The summed E-state index contributed by atoms with van der Waals surface area (Å²) in [6.45, 7) is 4.04. The van der Waals surface area contributed by atoms with Crippen LogP contribution >= 0.6 is 0 Å². The van der Waals surface area contributed by atoms with Crippen LogP contribution in [0.15, 0.2) is 30.5 Å². The molecule has 0 atom stereocenters. The number of likely N-dealkylation sites (N-methyl/N-ethyl adjacent to an activating group) is 1. The average Bonchev–Trinajstić information content (AvgIpc) is 2.85. The van der Waals surface area contributed by atoms with Gasteiger partial charge < -0.3 is 20.3 Å². The van der Waals surface area contributed by atoms with Gasteiger partial charge in [-0.05, 0) is 51.1 Å². The maximum absolute atomic E-state index is 5.56. The fourth-order valence-electron chi connectivity index (χ4n) is 3.18. The lowest BCUT2D eigenvalue weighted by Gasteiger charge is -2.14. The van der Waals surface area contributed by atoms with Crippen LogP contribution in [0.1, 0.15) is 24.1 Å². The van der Waals surface area contributed by atoms with Crippen molar-refractivity contribution < 1.29 is 4.74 Å². The first-order valence-corrected chi connectivity index (χ1v) is 8.94. The number of aromatic nitrogens is 2. The summed E-state index contributed by atoms with van der Waals surface area (Å²) in [4.78, 5) is 11.4. The second-order valence-corrected chi connectivity index (χ2v) is 6.62. The second-order valence-electron chi connectivity index (χ2n) is 6.62. The number of ether oxygens (including phenoxy) is 1. The summed E-state index contributed by atoms with van der Waals surface area (Å²) in [5.74, 6) is 2.34. The summed E-state index contributed by atoms with van der Waals surface area (Å²) in [6.07, 6.45) is 6.25. The molecule has 138 valence electrons. The molecule has 0 saturated heterocycles. The minimum absolute atomic E-state index is 0.763. The zero-order valence-corrected chi connectivity index (χ0v) is 16.0. The summed E-state index contributed by atoms with van der Waals surface area (Å²) in [6, 6.07) is 6.03. The van der Waals surface area contributed by atoms with E-state index >= 15 is 0 Å². The third kappa shape index (κ3) is 4.32. The zero-order chi connectivity index (χ0) is 18.5. The van der Waals surface area contributed by atoms with E-state index in [4.69, 9.17) is 4.74 Å². The fraction of sp³-hybridized carbons (Fsp3) is 0.400. The highest BCUT2D eigenvalue weighted by Gasteiger charge is 2.14. The molecule has 0 aliphatic carbocycles. The Hall–Kier alpha value is -2.60. The highest BCUT2D eigenvalue weighted by Crippen LogP contribution is 2.32. The molecule has 26 heavy (non-hydrogen) atoms. The molecule has 6 nitrogen and oxygen atoms in total. The number of aryl methyl sites for hydroxylation is 1. The Kier molecular flexibility index (Phi) is 5.73. The molecule has 0 unspecified atom stereocenters. The highest BCUT2D eigenvalue weighted by atomic mass is 16.5. The van der Waals surface area contributed by atoms with Gasteiger partial charge in [0.25, 0.3) is 0 Å². The molecular weight excluding hydrogens is 326 g/mol. The van der Waals surface area contributed by atoms with Crippen molar-refractivity contribution in [2.45, 2.75) is 19.8 Å². The molecule has 0 fully saturated rings. The maximum atomic E-state index is 5.56. The predicted octanol–water partition coefficient (Wildman–Crippen LogP) is 3.69. The molecule has 2 aromatic heterocycles. The molecule has 2 aromatic rings. The van der Waals surface area contributed by atoms with Crippen LogP contribution in [-0.4, -0.2) is 49.2 Å². The van der Waals surface area contributed by atoms with Gasteiger partial charge >= 0.3 is 0 Å². The standard InChI is InChI=1S/C20H27N5O/c1-14-10-16(21-2)11-20(23-14)24-19-12-17(18(26-4)13-22-19)15-6-5-8-25(3)9-7-15/h7,10-13H,5-6,8-9H2,1-4H3,(H2,21,22,23,24). The van der Waals surface area contributed by atoms with Gasteiger partial charge in [0.05, 0.1) is 13.3 Å². The van der Waals surface area contributed by atoms with Crippen LogP contribution in [0.3, 0.4) is 0 Å². The first kappa shape index (κ1) is 18.2. The van der Waals surface area contributed by atoms with E-state index in [1.54, 1.807) is 13.3 Å². The molecular formula is C20H27N5O. The van der Waals surface area contributed by atoms with E-state index in [0.29, 0.717) is 0 Å². The second kappa shape index (κ2) is 8.19. The van der Waals surface area contributed by atoms with Crippen LogP contribution < -0.4 is 15.4 Å². The number of anilines is 3. The average molecular weight is 353 g/mol. The topological polar surface area (TPSA) is 62.3 Å². The van der Waals surface area contributed by atoms with Gasteiger partial charge in [0.2, 0.25) is 0 Å². The third-order valence-corrected chi connectivity index (χ3v) is 4.57. The Bertz CT molecular complexity index is 803. The van der Waals surface area contributed by atoms with Crippen molar-refractivity contribution in [1.82, 2.24) is 14.9 Å². The molecule has 1 aliphatic heterocycles. The quantitative estimate of drug-likeness (QED) is 0.855. The number of hydrogen-bond donors (Lipinski definition) is 2. The van der Waals surface area contributed by atoms with Gasteiger partial charge in [-0.25, -0.2) is 9.97 Å². The zero-order valence-electron chi connectivity index (χ0n) is 16.0. The van der Waals surface area contributed by atoms with Gasteiger partial charge in [0.1, 0.15) is 17.4 Å². The summed E-state index contributed by atoms with van der Waals surface area (Å²) >= 11 is 0. The van der Waals surface area contributed by atoms with Crippen molar-refractivity contribution >= 4 is 22.9 Å². The van der Waals surface area contributed by atoms with E-state index in [9.17, 15) is 0 Å². The van der Waals surface area contributed by atoms with Crippen LogP contribution in [0.2, 0.25) is 0 Å². The van der Waals surface area contributed by atoms with Gasteiger partial charge in [-0.2, -0.15) is 0 Å². The van der Waals surface area contributed by atoms with E-state index < -0.39 is 0 Å². The van der Waals surface area contributed by atoms with Crippen molar-refractivity contribution in [2.24, 2.45) is 0 Å². The molecule has 6 heteroatoms. The first-order valence-electron chi connectivity index (χ1n) is 8.94. The Labute approximate surface area is 155 Å². The number of allylic oxidation sites excluding steroid dienone is 1. The Morgan fingerprint density at radius 2 is 2.04 bits per heavy atom. The van der Waals surface area contributed by atoms with Crippen LogP contribution in [0.5, 0.6) is 5.75 Å². The molecule has 0 amide bonds. The predicted molar refractivity (Wildman–Crippen MR) is 107 cm³/mol. The Balaban J connectivity index is 1.91. The molecule has 0 spiro atoms. The fourth-order valence-corrected chi connectivity index (χ4v) is 3.18. The van der Waals surface area contributed by atoms with E-state index in [1.807, 2.05) is 26.1 Å². The number of pyridine rings is 2. The molecule has 0 bridgehead atoms. The number of nitrogens with zero attached hydrogens (tertiary/aromatic N) is 3. The van der Waals surface area contributed by atoms with Crippen LogP contribution in [0.4, 0.5) is 17.3 Å². The summed E-state index contributed by atoms with van der Waals surface area (Å²) < 4.78 is 5.56. The number of methoxy groups -OCH3 is 1. The van der Waals surface area contributed by atoms with E-state index in [-0.39, 0.29) is 0 Å². The number of nitrogens with one attached hydrogen (secondary N) is 2. The minimum Gasteiger partial charge on any atom is -0.494 e. The maximum Gasteiger partial charge on any atom is 0.144 e. The highest BCUT2D eigenvalue weighted by molar-refractivity contribution is 5.73. The van der Waals surface area contributed by atoms with Crippen LogP contribution in [0.25, 0.3) is 5.57 Å². The lowest BCUT2D eigenvalue weighted by Crippen LogP contribution is -2.17. The van der Waals surface area contributed by atoms with Gasteiger partial charge in [-0.3, -0.25) is 0 Å². The lowest BCUT2D eigenvalue weighted by atomic mass is 10.0. The SMILES string of the molecule is CNc1cc(C)nc(Nc2cc(C3=CCN(C)CCC3)c(OC)cn2)c1. The number of rotatable bonds is 5. The first-order chi connectivity index (χ1) is 12.6. The Morgan fingerprint density at radius 1 is 1.19 bits per heavy atom. The van der Waals surface area contributed by atoms with Crippen LogP contribution in [0, 0.1) is 6.92 Å². The molecule has 1 aliphatic rings. The van der Waals surface area contributed by atoms with Crippen molar-refractivity contribution in [3.63, 3.8) is 0 Å². The molecule has 3 heterocycles. The smallest absolute Gasteiger partial charge is 0.144 e. The third-order valence-electron chi connectivity index (χ3n) is 4.57. The van der Waals surface area contributed by atoms with Gasteiger partial charge in [0.15, 0.2) is 0 Å². The molecule has 2 N–H and O–H groups in total. The normalized spacial score (nSPS) is 15.2. The molecule has 0 radical (unpaired) electrons. The van der Waals surface area contributed by atoms with Crippen molar-refractivity contribution in [2.75, 3.05) is 44.9 Å². The number of hydrogen-bond acceptors (Lipinski definition) is 6. The molecule has 0 aromatic carbocycles. The summed E-state index contributed by atoms with van der Waals surface area (Å²) in [7, 11) is 5.75. The summed E-state index contributed by atoms with van der Waals surface area (Å²) in [5, 5.41) is 6.47. The van der Waals surface area contributed by atoms with Gasteiger partial charge in [-0.1, -0.05) is 6.08 Å². The van der Waals surface area contributed by atoms with E-state index in [0.717, 1.165) is 60.3 Å². The van der Waals surface area contributed by atoms with Crippen LogP contribution in [-0.2, 0) is 0 Å².